The molecule has 1 aliphatic carbocycles. The summed E-state index contributed by atoms with van der Waals surface area (Å²) in [6.45, 7) is 1.94. The maximum atomic E-state index is 13.3. The average Bonchev–Trinajstić information content (AvgIpc) is 2.82. The standard InChI is InChI=1S/C16H23FN2/c17-13-5-6-15-12(11-13)4-7-16(15)19-10-2-1-3-14(19)8-9-18/h5-6,11,14,16H,1-4,7-10,18H2. The van der Waals surface area contributed by atoms with Crippen LogP contribution < -0.4 is 5.73 Å². The van der Waals surface area contributed by atoms with Crippen molar-refractivity contribution in [3.63, 3.8) is 0 Å². The summed E-state index contributed by atoms with van der Waals surface area (Å²) >= 11 is 0. The fourth-order valence-corrected chi connectivity index (χ4v) is 3.84. The number of likely N-dealkylation sites (tertiary alicyclic amines) is 1. The molecule has 3 rings (SSSR count). The fourth-order valence-electron chi connectivity index (χ4n) is 3.84. The first-order chi connectivity index (χ1) is 9.29. The van der Waals surface area contributed by atoms with Crippen LogP contribution >= 0.6 is 0 Å². The maximum Gasteiger partial charge on any atom is 0.123 e. The number of nitrogens with two attached hydrogens (primary N) is 1. The van der Waals surface area contributed by atoms with Crippen molar-refractivity contribution in [2.24, 2.45) is 5.73 Å². The van der Waals surface area contributed by atoms with Crippen LogP contribution in [0.5, 0.6) is 0 Å². The van der Waals surface area contributed by atoms with E-state index in [4.69, 9.17) is 5.73 Å². The summed E-state index contributed by atoms with van der Waals surface area (Å²) < 4.78 is 13.3. The maximum absolute atomic E-state index is 13.3. The highest BCUT2D eigenvalue weighted by atomic mass is 19.1. The third-order valence-electron chi connectivity index (χ3n) is 4.72. The third kappa shape index (κ3) is 2.54. The molecule has 0 saturated carbocycles. The Hall–Kier alpha value is -0.930. The van der Waals surface area contributed by atoms with Crippen molar-refractivity contribution >= 4 is 0 Å². The highest BCUT2D eigenvalue weighted by Gasteiger charge is 2.33. The molecule has 1 aromatic carbocycles. The Morgan fingerprint density at radius 3 is 3.00 bits per heavy atom. The Labute approximate surface area is 114 Å². The van der Waals surface area contributed by atoms with Crippen molar-refractivity contribution in [1.29, 1.82) is 0 Å². The summed E-state index contributed by atoms with van der Waals surface area (Å²) in [5.74, 6) is -0.100. The fraction of sp³-hybridized carbons (Fsp3) is 0.625. The van der Waals surface area contributed by atoms with Gasteiger partial charge in [0.2, 0.25) is 0 Å². The molecule has 1 heterocycles. The van der Waals surface area contributed by atoms with E-state index < -0.39 is 0 Å². The molecular weight excluding hydrogens is 239 g/mol. The molecule has 19 heavy (non-hydrogen) atoms. The Morgan fingerprint density at radius 1 is 1.26 bits per heavy atom. The lowest BCUT2D eigenvalue weighted by molar-refractivity contribution is 0.0900. The van der Waals surface area contributed by atoms with Crippen molar-refractivity contribution in [2.45, 2.75) is 50.6 Å². The van der Waals surface area contributed by atoms with E-state index in [1.54, 1.807) is 12.1 Å². The Bertz CT molecular complexity index is 444. The van der Waals surface area contributed by atoms with Gasteiger partial charge in [-0.15, -0.1) is 0 Å². The number of rotatable bonds is 3. The molecule has 1 aliphatic heterocycles. The van der Waals surface area contributed by atoms with E-state index in [1.165, 1.54) is 36.9 Å². The molecule has 3 heteroatoms. The van der Waals surface area contributed by atoms with Crippen molar-refractivity contribution in [3.05, 3.63) is 35.1 Å². The third-order valence-corrected chi connectivity index (χ3v) is 4.72. The predicted octanol–water partition coefficient (Wildman–Crippen LogP) is 3.02. The normalized spacial score (nSPS) is 27.5. The molecule has 0 amide bonds. The van der Waals surface area contributed by atoms with Crippen LogP contribution in [0.3, 0.4) is 0 Å². The topological polar surface area (TPSA) is 29.3 Å². The Balaban J connectivity index is 1.83. The monoisotopic (exact) mass is 262 g/mol. The average molecular weight is 262 g/mol. The molecule has 0 spiro atoms. The van der Waals surface area contributed by atoms with Gasteiger partial charge in [0.25, 0.3) is 0 Å². The zero-order valence-electron chi connectivity index (χ0n) is 11.4. The van der Waals surface area contributed by atoms with Crippen LogP contribution in [0.2, 0.25) is 0 Å². The van der Waals surface area contributed by atoms with Crippen LogP contribution in [-0.4, -0.2) is 24.0 Å². The molecule has 0 radical (unpaired) electrons. The molecule has 1 fully saturated rings. The van der Waals surface area contributed by atoms with E-state index in [0.29, 0.717) is 12.1 Å². The van der Waals surface area contributed by atoms with Crippen LogP contribution in [0.1, 0.15) is 49.3 Å². The lowest BCUT2D eigenvalue weighted by Crippen LogP contribution is -2.42. The second-order valence-electron chi connectivity index (χ2n) is 5.86. The lowest BCUT2D eigenvalue weighted by atomic mass is 9.95. The minimum Gasteiger partial charge on any atom is -0.330 e. The van der Waals surface area contributed by atoms with Crippen LogP contribution in [-0.2, 0) is 6.42 Å². The van der Waals surface area contributed by atoms with Crippen LogP contribution in [0.15, 0.2) is 18.2 Å². The van der Waals surface area contributed by atoms with Gasteiger partial charge < -0.3 is 5.73 Å². The van der Waals surface area contributed by atoms with Crippen LogP contribution in [0, 0.1) is 5.82 Å². The summed E-state index contributed by atoms with van der Waals surface area (Å²) in [6, 6.07) is 6.44. The second kappa shape index (κ2) is 5.59. The van der Waals surface area contributed by atoms with Gasteiger partial charge in [0.05, 0.1) is 0 Å². The van der Waals surface area contributed by atoms with Gasteiger partial charge >= 0.3 is 0 Å². The van der Waals surface area contributed by atoms with E-state index in [0.717, 1.165) is 25.8 Å². The van der Waals surface area contributed by atoms with Crippen molar-refractivity contribution in [2.75, 3.05) is 13.1 Å². The molecule has 0 aromatic heterocycles. The summed E-state index contributed by atoms with van der Waals surface area (Å²) in [7, 11) is 0. The quantitative estimate of drug-likeness (QED) is 0.907. The van der Waals surface area contributed by atoms with Crippen molar-refractivity contribution in [3.8, 4) is 0 Å². The van der Waals surface area contributed by atoms with Crippen molar-refractivity contribution < 1.29 is 4.39 Å². The predicted molar refractivity (Wildman–Crippen MR) is 75.5 cm³/mol. The molecule has 2 atom stereocenters. The number of aryl methyl sites for hydroxylation is 1. The van der Waals surface area contributed by atoms with Gasteiger partial charge in [0.1, 0.15) is 5.82 Å². The highest BCUT2D eigenvalue weighted by Crippen LogP contribution is 2.39. The summed E-state index contributed by atoms with van der Waals surface area (Å²) in [4.78, 5) is 2.64. The molecule has 2 unspecified atom stereocenters. The van der Waals surface area contributed by atoms with E-state index in [2.05, 4.69) is 4.90 Å². The zero-order chi connectivity index (χ0) is 13.2. The highest BCUT2D eigenvalue weighted by molar-refractivity contribution is 5.35. The van der Waals surface area contributed by atoms with Gasteiger partial charge in [-0.3, -0.25) is 4.90 Å². The first-order valence-corrected chi connectivity index (χ1v) is 7.53. The van der Waals surface area contributed by atoms with Gasteiger partial charge in [0.15, 0.2) is 0 Å². The molecule has 104 valence electrons. The number of fused-ring (bicyclic) bond motifs is 1. The number of hydrogen-bond acceptors (Lipinski definition) is 2. The van der Waals surface area contributed by atoms with Gasteiger partial charge in [-0.25, -0.2) is 4.39 Å². The van der Waals surface area contributed by atoms with Gasteiger partial charge in [-0.05, 0) is 68.5 Å². The minimum atomic E-state index is -0.100. The molecule has 1 saturated heterocycles. The smallest absolute Gasteiger partial charge is 0.123 e. The lowest BCUT2D eigenvalue weighted by Gasteiger charge is -2.40. The summed E-state index contributed by atoms with van der Waals surface area (Å²) in [5, 5.41) is 0. The number of nitrogens with zero attached hydrogens (tertiary/aromatic N) is 1. The van der Waals surface area contributed by atoms with E-state index in [9.17, 15) is 4.39 Å². The second-order valence-corrected chi connectivity index (χ2v) is 5.86. The van der Waals surface area contributed by atoms with Crippen molar-refractivity contribution in [1.82, 2.24) is 4.90 Å². The Morgan fingerprint density at radius 2 is 2.16 bits per heavy atom. The Kier molecular flexibility index (Phi) is 3.85. The van der Waals surface area contributed by atoms with Gasteiger partial charge in [0, 0.05) is 12.1 Å². The van der Waals surface area contributed by atoms with Gasteiger partial charge in [-0.1, -0.05) is 12.5 Å². The largest absolute Gasteiger partial charge is 0.330 e. The molecule has 1 aromatic rings. The number of hydrogen-bond donors (Lipinski definition) is 1. The molecular formula is C16H23FN2. The zero-order valence-corrected chi connectivity index (χ0v) is 11.4. The molecule has 2 nitrogen and oxygen atoms in total. The number of halogens is 1. The molecule has 0 bridgehead atoms. The summed E-state index contributed by atoms with van der Waals surface area (Å²) in [6.07, 6.45) is 7.12. The molecule has 2 aliphatic rings. The minimum absolute atomic E-state index is 0.100. The first-order valence-electron chi connectivity index (χ1n) is 7.53. The number of benzene rings is 1. The first kappa shape index (κ1) is 13.1. The van der Waals surface area contributed by atoms with Crippen LogP contribution in [0.4, 0.5) is 4.39 Å². The SMILES string of the molecule is NCCC1CCCCN1C1CCc2cc(F)ccc21. The summed E-state index contributed by atoms with van der Waals surface area (Å²) in [5.41, 5.74) is 8.32. The van der Waals surface area contributed by atoms with E-state index >= 15 is 0 Å². The number of piperidine rings is 1. The van der Waals surface area contributed by atoms with E-state index in [1.807, 2.05) is 6.07 Å². The molecule has 2 N–H and O–H groups in total. The van der Waals surface area contributed by atoms with Crippen LogP contribution in [0.25, 0.3) is 0 Å². The van der Waals surface area contributed by atoms with E-state index in [-0.39, 0.29) is 5.82 Å². The van der Waals surface area contributed by atoms with Gasteiger partial charge in [-0.2, -0.15) is 0 Å².